The molecule has 0 aliphatic heterocycles. The van der Waals surface area contributed by atoms with Gasteiger partial charge < -0.3 is 10.1 Å². The number of ether oxygens (including phenoxy) is 1. The lowest BCUT2D eigenvalue weighted by Gasteiger charge is -2.18. The number of rotatable bonds is 6. The zero-order valence-electron chi connectivity index (χ0n) is 10.5. The van der Waals surface area contributed by atoms with E-state index < -0.39 is 0 Å². The summed E-state index contributed by atoms with van der Waals surface area (Å²) in [6.07, 6.45) is 8.88. The predicted molar refractivity (Wildman–Crippen MR) is 69.3 cm³/mol. The summed E-state index contributed by atoms with van der Waals surface area (Å²) in [5.41, 5.74) is 3.16. The molecule has 1 aliphatic rings. The van der Waals surface area contributed by atoms with E-state index in [1.807, 2.05) is 6.08 Å². The Bertz CT molecular complexity index is 289. The molecule has 2 nitrogen and oxygen atoms in total. The third-order valence-electron chi connectivity index (χ3n) is 3.09. The van der Waals surface area contributed by atoms with Crippen molar-refractivity contribution < 1.29 is 4.74 Å². The van der Waals surface area contributed by atoms with Gasteiger partial charge in [0.2, 0.25) is 0 Å². The Labute approximate surface area is 99.1 Å². The van der Waals surface area contributed by atoms with Gasteiger partial charge in [-0.25, -0.2) is 0 Å². The smallest absolute Gasteiger partial charge is 0.109 e. The number of nitrogens with one attached hydrogen (secondary N) is 1. The zero-order chi connectivity index (χ0) is 11.8. The van der Waals surface area contributed by atoms with Crippen LogP contribution in [0, 0.1) is 0 Å². The predicted octanol–water partition coefficient (Wildman–Crippen LogP) is 3.18. The molecule has 0 aromatic heterocycles. The maximum atomic E-state index is 5.22. The molecule has 0 heterocycles. The van der Waals surface area contributed by atoms with E-state index >= 15 is 0 Å². The van der Waals surface area contributed by atoms with Gasteiger partial charge >= 0.3 is 0 Å². The Morgan fingerprint density at radius 3 is 2.81 bits per heavy atom. The van der Waals surface area contributed by atoms with Crippen LogP contribution in [0.3, 0.4) is 0 Å². The Hall–Kier alpha value is -1.02. The topological polar surface area (TPSA) is 21.3 Å². The summed E-state index contributed by atoms with van der Waals surface area (Å²) in [5.74, 6) is 0.934. The van der Waals surface area contributed by atoms with E-state index in [4.69, 9.17) is 4.74 Å². The number of methoxy groups -OCH3 is 1. The molecule has 0 spiro atoms. The Kier molecular flexibility index (Phi) is 5.94. The second-order valence-electron chi connectivity index (χ2n) is 4.27. The van der Waals surface area contributed by atoms with E-state index in [0.29, 0.717) is 0 Å². The number of hydrogen-bond acceptors (Lipinski definition) is 2. The third-order valence-corrected chi connectivity index (χ3v) is 3.09. The average Bonchev–Trinajstić information content (AvgIpc) is 2.30. The molecule has 0 aromatic rings. The van der Waals surface area contributed by atoms with Crippen LogP contribution in [0.2, 0.25) is 0 Å². The number of hydrogen-bond donors (Lipinski definition) is 1. The molecule has 1 N–H and O–H groups in total. The molecule has 2 heteroatoms. The lowest BCUT2D eigenvalue weighted by Crippen LogP contribution is -2.22. The van der Waals surface area contributed by atoms with Gasteiger partial charge in [0.05, 0.1) is 13.7 Å². The van der Waals surface area contributed by atoms with Crippen LogP contribution in [0.4, 0.5) is 0 Å². The van der Waals surface area contributed by atoms with Crippen LogP contribution in [0.15, 0.2) is 35.6 Å². The van der Waals surface area contributed by atoms with E-state index in [0.717, 1.165) is 18.8 Å². The van der Waals surface area contributed by atoms with Crippen LogP contribution in [0.25, 0.3) is 0 Å². The first-order valence-electron chi connectivity index (χ1n) is 6.01. The van der Waals surface area contributed by atoms with Crippen molar-refractivity contribution in [1.82, 2.24) is 5.32 Å². The minimum atomic E-state index is 0.777. The van der Waals surface area contributed by atoms with E-state index in [9.17, 15) is 0 Å². The molecule has 16 heavy (non-hydrogen) atoms. The summed E-state index contributed by atoms with van der Waals surface area (Å²) in [6.45, 7) is 7.69. The van der Waals surface area contributed by atoms with Gasteiger partial charge in [-0.2, -0.15) is 0 Å². The van der Waals surface area contributed by atoms with E-state index in [2.05, 4.69) is 18.8 Å². The summed E-state index contributed by atoms with van der Waals surface area (Å²) in [5, 5.41) is 3.42. The molecule has 0 bridgehead atoms. The van der Waals surface area contributed by atoms with Crippen LogP contribution in [0.1, 0.15) is 32.6 Å². The molecule has 0 aromatic carbocycles. The zero-order valence-corrected chi connectivity index (χ0v) is 10.5. The first-order valence-corrected chi connectivity index (χ1v) is 6.01. The Balaban J connectivity index is 2.34. The van der Waals surface area contributed by atoms with Gasteiger partial charge in [-0.05, 0) is 38.7 Å². The first kappa shape index (κ1) is 13.0. The summed E-state index contributed by atoms with van der Waals surface area (Å²) in [7, 11) is 1.70. The fourth-order valence-electron chi connectivity index (χ4n) is 2.03. The largest absolute Gasteiger partial charge is 0.500 e. The van der Waals surface area contributed by atoms with Crippen LogP contribution < -0.4 is 5.32 Å². The second kappa shape index (κ2) is 7.29. The molecule has 90 valence electrons. The van der Waals surface area contributed by atoms with Gasteiger partial charge in [0.1, 0.15) is 5.76 Å². The van der Waals surface area contributed by atoms with Gasteiger partial charge in [-0.15, -0.1) is 0 Å². The molecule has 0 unspecified atom stereocenters. The molecular weight excluding hydrogens is 198 g/mol. The first-order chi connectivity index (χ1) is 7.77. The standard InChI is InChI=1S/C14H23NO/c1-4-7-14(16-3)11-15-10-13-9-6-5-8-12(13)2/h4,7,15H,1,5-6,8-11H2,2-3H3/b14-7-. The van der Waals surface area contributed by atoms with Crippen molar-refractivity contribution in [1.29, 1.82) is 0 Å². The van der Waals surface area contributed by atoms with Gasteiger partial charge in [0, 0.05) is 6.54 Å². The monoisotopic (exact) mass is 221 g/mol. The summed E-state index contributed by atoms with van der Waals surface area (Å²) in [4.78, 5) is 0. The van der Waals surface area contributed by atoms with Gasteiger partial charge in [0.15, 0.2) is 0 Å². The maximum Gasteiger partial charge on any atom is 0.109 e. The summed E-state index contributed by atoms with van der Waals surface area (Å²) < 4.78 is 5.22. The van der Waals surface area contributed by atoms with E-state index in [1.165, 1.54) is 25.7 Å². The lowest BCUT2D eigenvalue weighted by molar-refractivity contribution is 0.280. The van der Waals surface area contributed by atoms with Crippen molar-refractivity contribution in [2.45, 2.75) is 32.6 Å². The van der Waals surface area contributed by atoms with Crippen LogP contribution in [0.5, 0.6) is 0 Å². The van der Waals surface area contributed by atoms with Crippen molar-refractivity contribution in [3.05, 3.63) is 35.6 Å². The van der Waals surface area contributed by atoms with E-state index in [1.54, 1.807) is 24.3 Å². The fraction of sp³-hybridized carbons (Fsp3) is 0.571. The number of allylic oxidation sites excluding steroid dienone is 3. The molecule has 0 saturated carbocycles. The normalized spacial score (nSPS) is 17.5. The molecule has 0 radical (unpaired) electrons. The quantitative estimate of drug-likeness (QED) is 0.422. The van der Waals surface area contributed by atoms with Crippen molar-refractivity contribution in [3.63, 3.8) is 0 Å². The highest BCUT2D eigenvalue weighted by Gasteiger charge is 2.08. The summed E-state index contributed by atoms with van der Waals surface area (Å²) >= 11 is 0. The summed E-state index contributed by atoms with van der Waals surface area (Å²) in [6, 6.07) is 0. The molecule has 1 rings (SSSR count). The second-order valence-corrected chi connectivity index (χ2v) is 4.27. The maximum absolute atomic E-state index is 5.22. The Morgan fingerprint density at radius 1 is 1.44 bits per heavy atom. The fourth-order valence-corrected chi connectivity index (χ4v) is 2.03. The van der Waals surface area contributed by atoms with E-state index in [-0.39, 0.29) is 0 Å². The van der Waals surface area contributed by atoms with Crippen molar-refractivity contribution >= 4 is 0 Å². The van der Waals surface area contributed by atoms with Crippen LogP contribution >= 0.6 is 0 Å². The highest BCUT2D eigenvalue weighted by atomic mass is 16.5. The SMILES string of the molecule is C=C/C=C(/CNCC1=C(C)CCCC1)OC. The molecule has 0 atom stereocenters. The molecule has 1 aliphatic carbocycles. The van der Waals surface area contributed by atoms with Crippen molar-refractivity contribution in [3.8, 4) is 0 Å². The van der Waals surface area contributed by atoms with Gasteiger partial charge in [-0.3, -0.25) is 0 Å². The van der Waals surface area contributed by atoms with Crippen LogP contribution in [-0.2, 0) is 4.74 Å². The Morgan fingerprint density at radius 2 is 2.19 bits per heavy atom. The highest BCUT2D eigenvalue weighted by molar-refractivity contribution is 5.16. The molecule has 0 amide bonds. The molecular formula is C14H23NO. The van der Waals surface area contributed by atoms with Crippen LogP contribution in [-0.4, -0.2) is 20.2 Å². The minimum absolute atomic E-state index is 0.777. The van der Waals surface area contributed by atoms with Gasteiger partial charge in [0.25, 0.3) is 0 Å². The highest BCUT2D eigenvalue weighted by Crippen LogP contribution is 2.23. The van der Waals surface area contributed by atoms with Crippen molar-refractivity contribution in [2.24, 2.45) is 0 Å². The minimum Gasteiger partial charge on any atom is -0.500 e. The van der Waals surface area contributed by atoms with Gasteiger partial charge in [-0.1, -0.05) is 23.8 Å². The van der Waals surface area contributed by atoms with Crippen molar-refractivity contribution in [2.75, 3.05) is 20.2 Å². The molecule has 0 fully saturated rings. The third kappa shape index (κ3) is 4.23. The molecule has 0 saturated heterocycles. The lowest BCUT2D eigenvalue weighted by atomic mass is 9.93. The average molecular weight is 221 g/mol.